The van der Waals surface area contributed by atoms with Crippen LogP contribution in [-0.2, 0) is 30.3 Å². The molecular weight excluding hydrogens is 370 g/mol. The molecule has 2 aromatic carbocycles. The van der Waals surface area contributed by atoms with Crippen LogP contribution >= 0.6 is 0 Å². The van der Waals surface area contributed by atoms with E-state index in [2.05, 4.69) is 5.32 Å². The van der Waals surface area contributed by atoms with Crippen LogP contribution in [0.3, 0.4) is 0 Å². The van der Waals surface area contributed by atoms with Gasteiger partial charge in [0.2, 0.25) is 0 Å². The predicted octanol–water partition coefficient (Wildman–Crippen LogP) is 3.29. The Hall–Kier alpha value is -3.15. The number of nitrogens with one attached hydrogen (secondary N) is 1. The quantitative estimate of drug-likeness (QED) is 0.519. The molecule has 2 aromatic rings. The Kier molecular flexibility index (Phi) is 8.89. The SMILES string of the molecule is CCOC(=O)CC[C@@H](Cc1ccc(-c2ccccc2)cc1)NC(=O)C(=O)OCC. The summed E-state index contributed by atoms with van der Waals surface area (Å²) in [4.78, 5) is 35.4. The van der Waals surface area contributed by atoms with Crippen LogP contribution in [0.25, 0.3) is 11.1 Å². The second kappa shape index (κ2) is 11.6. The Morgan fingerprint density at radius 1 is 0.862 bits per heavy atom. The molecule has 0 saturated heterocycles. The summed E-state index contributed by atoms with van der Waals surface area (Å²) in [7, 11) is 0. The standard InChI is InChI=1S/C23H27NO5/c1-3-28-21(25)15-14-20(24-22(26)23(27)29-4-2)16-17-10-12-19(13-11-17)18-8-6-5-7-9-18/h5-13,20H,3-4,14-16H2,1-2H3,(H,24,26)/t20-/m0/s1. The van der Waals surface area contributed by atoms with Crippen LogP contribution in [0, 0.1) is 0 Å². The molecule has 1 atom stereocenters. The number of hydrogen-bond donors (Lipinski definition) is 1. The summed E-state index contributed by atoms with van der Waals surface area (Å²) in [5.74, 6) is -2.06. The number of benzene rings is 2. The number of ether oxygens (including phenoxy) is 2. The van der Waals surface area contributed by atoms with Gasteiger partial charge < -0.3 is 14.8 Å². The maximum atomic E-state index is 12.0. The van der Waals surface area contributed by atoms with Gasteiger partial charge in [-0.05, 0) is 43.4 Å². The van der Waals surface area contributed by atoms with E-state index in [1.54, 1.807) is 13.8 Å². The zero-order valence-corrected chi connectivity index (χ0v) is 16.9. The monoisotopic (exact) mass is 397 g/mol. The molecule has 6 nitrogen and oxygen atoms in total. The molecule has 0 saturated carbocycles. The molecule has 0 fully saturated rings. The van der Waals surface area contributed by atoms with Crippen LogP contribution in [0.5, 0.6) is 0 Å². The first kappa shape index (κ1) is 22.1. The van der Waals surface area contributed by atoms with Gasteiger partial charge >= 0.3 is 17.8 Å². The van der Waals surface area contributed by atoms with E-state index in [1.807, 2.05) is 54.6 Å². The van der Waals surface area contributed by atoms with Gasteiger partial charge in [0.05, 0.1) is 13.2 Å². The Morgan fingerprint density at radius 3 is 2.10 bits per heavy atom. The molecule has 0 heterocycles. The van der Waals surface area contributed by atoms with Gasteiger partial charge in [0.15, 0.2) is 0 Å². The van der Waals surface area contributed by atoms with E-state index in [0.29, 0.717) is 19.4 Å². The second-order valence-corrected chi connectivity index (χ2v) is 6.50. The number of rotatable bonds is 9. The molecule has 1 N–H and O–H groups in total. The first-order valence-corrected chi connectivity index (χ1v) is 9.81. The summed E-state index contributed by atoms with van der Waals surface area (Å²) in [5.41, 5.74) is 3.20. The molecule has 6 heteroatoms. The highest BCUT2D eigenvalue weighted by molar-refractivity contribution is 6.32. The molecular formula is C23H27NO5. The van der Waals surface area contributed by atoms with Gasteiger partial charge in [0.25, 0.3) is 0 Å². The highest BCUT2D eigenvalue weighted by atomic mass is 16.5. The van der Waals surface area contributed by atoms with E-state index in [4.69, 9.17) is 9.47 Å². The lowest BCUT2D eigenvalue weighted by Crippen LogP contribution is -2.41. The van der Waals surface area contributed by atoms with E-state index in [9.17, 15) is 14.4 Å². The van der Waals surface area contributed by atoms with Crippen LogP contribution < -0.4 is 5.32 Å². The lowest BCUT2D eigenvalue weighted by atomic mass is 9.98. The Balaban J connectivity index is 2.05. The topological polar surface area (TPSA) is 81.7 Å². The number of hydrogen-bond acceptors (Lipinski definition) is 5. The summed E-state index contributed by atoms with van der Waals surface area (Å²) in [6, 6.07) is 17.6. The number of esters is 2. The van der Waals surface area contributed by atoms with E-state index in [0.717, 1.165) is 16.7 Å². The third-order valence-corrected chi connectivity index (χ3v) is 4.34. The van der Waals surface area contributed by atoms with E-state index in [-0.39, 0.29) is 25.0 Å². The Labute approximate surface area is 171 Å². The van der Waals surface area contributed by atoms with Gasteiger partial charge in [-0.15, -0.1) is 0 Å². The average Bonchev–Trinajstić information content (AvgIpc) is 2.73. The van der Waals surface area contributed by atoms with Gasteiger partial charge in [0, 0.05) is 12.5 Å². The van der Waals surface area contributed by atoms with Gasteiger partial charge in [0.1, 0.15) is 0 Å². The van der Waals surface area contributed by atoms with Gasteiger partial charge in [-0.25, -0.2) is 4.79 Å². The van der Waals surface area contributed by atoms with Gasteiger partial charge in [-0.2, -0.15) is 0 Å². The minimum absolute atomic E-state index is 0.126. The molecule has 0 radical (unpaired) electrons. The normalized spacial score (nSPS) is 11.4. The van der Waals surface area contributed by atoms with Gasteiger partial charge in [-0.3, -0.25) is 9.59 Å². The maximum absolute atomic E-state index is 12.0. The maximum Gasteiger partial charge on any atom is 0.396 e. The summed E-state index contributed by atoms with van der Waals surface area (Å²) in [5, 5.41) is 2.67. The summed E-state index contributed by atoms with van der Waals surface area (Å²) in [6.07, 6.45) is 1.01. The first-order chi connectivity index (χ1) is 14.0. The summed E-state index contributed by atoms with van der Waals surface area (Å²) in [6.45, 7) is 3.81. The molecule has 0 bridgehead atoms. The molecule has 1 amide bonds. The van der Waals surface area contributed by atoms with Crippen molar-refractivity contribution in [3.63, 3.8) is 0 Å². The van der Waals surface area contributed by atoms with Crippen molar-refractivity contribution in [2.75, 3.05) is 13.2 Å². The molecule has 154 valence electrons. The first-order valence-electron chi connectivity index (χ1n) is 9.81. The molecule has 0 aliphatic carbocycles. The average molecular weight is 397 g/mol. The molecule has 29 heavy (non-hydrogen) atoms. The molecule has 0 aliphatic heterocycles. The molecule has 0 spiro atoms. The van der Waals surface area contributed by atoms with Crippen molar-refractivity contribution in [2.24, 2.45) is 0 Å². The number of amides is 1. The summed E-state index contributed by atoms with van der Waals surface area (Å²) < 4.78 is 9.70. The molecule has 0 aromatic heterocycles. The fraction of sp³-hybridized carbons (Fsp3) is 0.348. The highest BCUT2D eigenvalue weighted by Crippen LogP contribution is 2.20. The fourth-order valence-corrected chi connectivity index (χ4v) is 2.94. The van der Waals surface area contributed by atoms with Crippen LogP contribution in [-0.4, -0.2) is 37.1 Å². The van der Waals surface area contributed by atoms with Crippen LogP contribution in [0.1, 0.15) is 32.3 Å². The van der Waals surface area contributed by atoms with E-state index >= 15 is 0 Å². The molecule has 0 aliphatic rings. The van der Waals surface area contributed by atoms with E-state index in [1.165, 1.54) is 0 Å². The van der Waals surface area contributed by atoms with Crippen molar-refractivity contribution in [2.45, 2.75) is 39.2 Å². The van der Waals surface area contributed by atoms with E-state index < -0.39 is 11.9 Å². The number of carbonyl (C=O) groups excluding carboxylic acids is 3. The fourth-order valence-electron chi connectivity index (χ4n) is 2.94. The van der Waals surface area contributed by atoms with Crippen molar-refractivity contribution in [3.05, 3.63) is 60.2 Å². The molecule has 0 unspecified atom stereocenters. The van der Waals surface area contributed by atoms with Crippen molar-refractivity contribution in [1.82, 2.24) is 5.32 Å². The zero-order chi connectivity index (χ0) is 21.1. The minimum atomic E-state index is -0.923. The van der Waals surface area contributed by atoms with Gasteiger partial charge in [-0.1, -0.05) is 54.6 Å². The zero-order valence-electron chi connectivity index (χ0n) is 16.9. The third-order valence-electron chi connectivity index (χ3n) is 4.34. The Bertz CT molecular complexity index is 802. The smallest absolute Gasteiger partial charge is 0.396 e. The molecule has 2 rings (SSSR count). The highest BCUT2D eigenvalue weighted by Gasteiger charge is 2.21. The Morgan fingerprint density at radius 2 is 1.48 bits per heavy atom. The largest absolute Gasteiger partial charge is 0.466 e. The van der Waals surface area contributed by atoms with Crippen LogP contribution in [0.15, 0.2) is 54.6 Å². The third kappa shape index (κ3) is 7.41. The van der Waals surface area contributed by atoms with Crippen LogP contribution in [0.4, 0.5) is 0 Å². The second-order valence-electron chi connectivity index (χ2n) is 6.50. The van der Waals surface area contributed by atoms with Crippen molar-refractivity contribution in [3.8, 4) is 11.1 Å². The van der Waals surface area contributed by atoms with Crippen molar-refractivity contribution < 1.29 is 23.9 Å². The lowest BCUT2D eigenvalue weighted by Gasteiger charge is -2.18. The summed E-state index contributed by atoms with van der Waals surface area (Å²) >= 11 is 0. The number of carbonyl (C=O) groups is 3. The van der Waals surface area contributed by atoms with Crippen LogP contribution in [0.2, 0.25) is 0 Å². The van der Waals surface area contributed by atoms with Crippen molar-refractivity contribution >= 4 is 17.8 Å². The lowest BCUT2D eigenvalue weighted by molar-refractivity contribution is -0.154. The minimum Gasteiger partial charge on any atom is -0.466 e. The van der Waals surface area contributed by atoms with Crippen molar-refractivity contribution in [1.29, 1.82) is 0 Å². The predicted molar refractivity (Wildman–Crippen MR) is 110 cm³/mol.